The Kier molecular flexibility index (Phi) is 3.19. The highest BCUT2D eigenvalue weighted by atomic mass is 32.1. The summed E-state index contributed by atoms with van der Waals surface area (Å²) in [6, 6.07) is 7.92. The minimum absolute atomic E-state index is 0.0519. The van der Waals surface area contributed by atoms with Gasteiger partial charge in [-0.25, -0.2) is 4.98 Å². The quantitative estimate of drug-likeness (QED) is 0.801. The number of hydrogen-bond acceptors (Lipinski definition) is 6. The third-order valence-corrected chi connectivity index (χ3v) is 4.00. The van der Waals surface area contributed by atoms with Crippen molar-refractivity contribution in [2.24, 2.45) is 0 Å². The maximum Gasteiger partial charge on any atom is 0.234 e. The maximum atomic E-state index is 10.0. The minimum Gasteiger partial charge on any atom is -0.492 e. The molecular weight excluding hydrogens is 274 g/mol. The van der Waals surface area contributed by atoms with E-state index in [0.29, 0.717) is 17.2 Å². The summed E-state index contributed by atoms with van der Waals surface area (Å²) in [6.45, 7) is 4.58. The summed E-state index contributed by atoms with van der Waals surface area (Å²) in [4.78, 5) is 6.23. The van der Waals surface area contributed by atoms with E-state index in [1.807, 2.05) is 38.1 Å². The van der Waals surface area contributed by atoms with Crippen molar-refractivity contribution < 1.29 is 5.11 Å². The number of rotatable bonds is 3. The molecule has 2 aromatic heterocycles. The van der Waals surface area contributed by atoms with Crippen molar-refractivity contribution in [2.45, 2.75) is 20.4 Å². The van der Waals surface area contributed by atoms with Crippen LogP contribution in [-0.2, 0) is 6.54 Å². The molecule has 0 spiro atoms. The molecule has 0 amide bonds. The van der Waals surface area contributed by atoms with Crippen LogP contribution >= 0.6 is 11.3 Å². The summed E-state index contributed by atoms with van der Waals surface area (Å²) in [5.74, 6) is 0.352. The van der Waals surface area contributed by atoms with E-state index in [2.05, 4.69) is 20.4 Å². The van der Waals surface area contributed by atoms with E-state index in [1.165, 1.54) is 16.1 Å². The van der Waals surface area contributed by atoms with Crippen LogP contribution in [0.25, 0.3) is 21.3 Å². The van der Waals surface area contributed by atoms with Crippen LogP contribution in [0.1, 0.15) is 12.5 Å². The lowest BCUT2D eigenvalue weighted by Gasteiger charge is -1.99. The highest BCUT2D eigenvalue weighted by Crippen LogP contribution is 2.38. The molecule has 0 saturated heterocycles. The number of aromatic nitrogens is 5. The Hall–Kier alpha value is -2.28. The zero-order chi connectivity index (χ0) is 14.1. The summed E-state index contributed by atoms with van der Waals surface area (Å²) in [7, 11) is 0. The second-order valence-electron chi connectivity index (χ2n) is 4.29. The molecule has 3 rings (SSSR count). The summed E-state index contributed by atoms with van der Waals surface area (Å²) in [6.07, 6.45) is 0. The van der Waals surface area contributed by atoms with Crippen LogP contribution in [-0.4, -0.2) is 30.3 Å². The van der Waals surface area contributed by atoms with Gasteiger partial charge >= 0.3 is 0 Å². The predicted octanol–water partition coefficient (Wildman–Crippen LogP) is 2.50. The zero-order valence-corrected chi connectivity index (χ0v) is 11.9. The van der Waals surface area contributed by atoms with Crippen LogP contribution in [0.2, 0.25) is 0 Å². The predicted molar refractivity (Wildman–Crippen MR) is 76.4 cm³/mol. The summed E-state index contributed by atoms with van der Waals surface area (Å²) >= 11 is 1.36. The van der Waals surface area contributed by atoms with Gasteiger partial charge in [-0.15, -0.1) is 21.5 Å². The van der Waals surface area contributed by atoms with Crippen LogP contribution in [0.3, 0.4) is 0 Å². The Bertz CT molecular complexity index is 749. The van der Waals surface area contributed by atoms with Crippen molar-refractivity contribution in [1.82, 2.24) is 25.2 Å². The zero-order valence-electron chi connectivity index (χ0n) is 11.1. The SMILES string of the molecule is CCn1nnc(-c2sc(-c3ccccc3C)nc2O)n1. The summed E-state index contributed by atoms with van der Waals surface area (Å²) < 4.78 is 0. The minimum atomic E-state index is -0.0519. The molecule has 0 aliphatic rings. The summed E-state index contributed by atoms with van der Waals surface area (Å²) in [5.41, 5.74) is 2.11. The Morgan fingerprint density at radius 3 is 2.80 bits per heavy atom. The fourth-order valence-corrected chi connectivity index (χ4v) is 2.83. The van der Waals surface area contributed by atoms with Crippen molar-refractivity contribution in [3.05, 3.63) is 29.8 Å². The van der Waals surface area contributed by atoms with Crippen molar-refractivity contribution in [2.75, 3.05) is 0 Å². The fourth-order valence-electron chi connectivity index (χ4n) is 1.85. The van der Waals surface area contributed by atoms with Crippen molar-refractivity contribution >= 4 is 11.3 Å². The molecule has 0 bridgehead atoms. The highest BCUT2D eigenvalue weighted by Gasteiger charge is 2.18. The number of benzene rings is 1. The lowest BCUT2D eigenvalue weighted by Crippen LogP contribution is -1.98. The first-order valence-electron chi connectivity index (χ1n) is 6.23. The molecule has 0 atom stereocenters. The molecule has 1 N–H and O–H groups in total. The number of aryl methyl sites for hydroxylation is 2. The average molecular weight is 287 g/mol. The van der Waals surface area contributed by atoms with E-state index in [4.69, 9.17) is 0 Å². The van der Waals surface area contributed by atoms with Gasteiger partial charge in [0.05, 0.1) is 6.54 Å². The first-order chi connectivity index (χ1) is 9.69. The van der Waals surface area contributed by atoms with Crippen molar-refractivity contribution in [1.29, 1.82) is 0 Å². The van der Waals surface area contributed by atoms with Gasteiger partial charge in [0.1, 0.15) is 9.88 Å². The van der Waals surface area contributed by atoms with Crippen molar-refractivity contribution in [3.8, 4) is 27.2 Å². The smallest absolute Gasteiger partial charge is 0.234 e. The second kappa shape index (κ2) is 5.01. The number of tetrazole rings is 1. The van der Waals surface area contributed by atoms with Crippen LogP contribution in [0.5, 0.6) is 5.88 Å². The van der Waals surface area contributed by atoms with E-state index in [-0.39, 0.29) is 5.88 Å². The van der Waals surface area contributed by atoms with Gasteiger partial charge in [-0.2, -0.15) is 4.80 Å². The molecule has 0 aliphatic heterocycles. The Balaban J connectivity index is 2.05. The maximum absolute atomic E-state index is 10.0. The molecule has 0 fully saturated rings. The molecule has 0 aliphatic carbocycles. The van der Waals surface area contributed by atoms with E-state index in [1.54, 1.807) is 0 Å². The molecular formula is C13H13N5OS. The molecule has 7 heteroatoms. The van der Waals surface area contributed by atoms with Gasteiger partial charge in [0, 0.05) is 5.56 Å². The molecule has 0 unspecified atom stereocenters. The van der Waals surface area contributed by atoms with Crippen LogP contribution in [0.15, 0.2) is 24.3 Å². The Labute approximate surface area is 119 Å². The standard InChI is InChI=1S/C13H13N5OS/c1-3-18-16-11(15-17-18)10-12(19)14-13(20-10)9-7-5-4-6-8(9)2/h4-7,19H,3H2,1-2H3. The van der Waals surface area contributed by atoms with E-state index in [0.717, 1.165) is 16.1 Å². The largest absolute Gasteiger partial charge is 0.492 e. The topological polar surface area (TPSA) is 76.7 Å². The van der Waals surface area contributed by atoms with Crippen LogP contribution in [0, 0.1) is 6.92 Å². The Morgan fingerprint density at radius 2 is 2.10 bits per heavy atom. The van der Waals surface area contributed by atoms with E-state index < -0.39 is 0 Å². The normalized spacial score (nSPS) is 10.9. The third kappa shape index (κ3) is 2.16. The molecule has 0 radical (unpaired) electrons. The van der Waals surface area contributed by atoms with Gasteiger partial charge in [0.15, 0.2) is 0 Å². The molecule has 6 nitrogen and oxygen atoms in total. The molecule has 20 heavy (non-hydrogen) atoms. The van der Waals surface area contributed by atoms with Gasteiger partial charge < -0.3 is 5.11 Å². The molecule has 3 aromatic rings. The number of nitrogens with zero attached hydrogens (tertiary/aromatic N) is 5. The highest BCUT2D eigenvalue weighted by molar-refractivity contribution is 7.18. The van der Waals surface area contributed by atoms with Gasteiger partial charge in [-0.1, -0.05) is 24.3 Å². The number of aromatic hydroxyl groups is 1. The first-order valence-corrected chi connectivity index (χ1v) is 7.04. The number of hydrogen-bond donors (Lipinski definition) is 1. The van der Waals surface area contributed by atoms with Crippen LogP contribution in [0.4, 0.5) is 0 Å². The van der Waals surface area contributed by atoms with Gasteiger partial charge in [0.2, 0.25) is 11.7 Å². The molecule has 0 saturated carbocycles. The lowest BCUT2D eigenvalue weighted by atomic mass is 10.1. The molecule has 2 heterocycles. The van der Waals surface area contributed by atoms with E-state index in [9.17, 15) is 5.11 Å². The number of thiazole rings is 1. The van der Waals surface area contributed by atoms with Gasteiger partial charge in [-0.05, 0) is 24.6 Å². The summed E-state index contributed by atoms with van der Waals surface area (Å²) in [5, 5.41) is 22.8. The third-order valence-electron chi connectivity index (χ3n) is 2.92. The van der Waals surface area contributed by atoms with Gasteiger partial charge in [0.25, 0.3) is 0 Å². The van der Waals surface area contributed by atoms with Crippen LogP contribution < -0.4 is 0 Å². The second-order valence-corrected chi connectivity index (χ2v) is 5.29. The molecule has 1 aromatic carbocycles. The fraction of sp³-hybridized carbons (Fsp3) is 0.231. The van der Waals surface area contributed by atoms with Crippen molar-refractivity contribution in [3.63, 3.8) is 0 Å². The van der Waals surface area contributed by atoms with E-state index >= 15 is 0 Å². The molecule has 102 valence electrons. The average Bonchev–Trinajstić information content (AvgIpc) is 3.05. The monoisotopic (exact) mass is 287 g/mol. The first kappa shape index (κ1) is 12.7. The van der Waals surface area contributed by atoms with Gasteiger partial charge in [-0.3, -0.25) is 0 Å². The Morgan fingerprint density at radius 1 is 1.30 bits per heavy atom. The lowest BCUT2D eigenvalue weighted by molar-refractivity contribution is 0.459.